The topological polar surface area (TPSA) is 75.2 Å². The molecule has 2 aliphatic rings. The molecule has 154 valence electrons. The minimum absolute atomic E-state index is 0.663. The molecule has 0 radical (unpaired) electrons. The third kappa shape index (κ3) is 4.25. The van der Waals surface area contributed by atoms with Crippen molar-refractivity contribution in [3.63, 3.8) is 0 Å². The minimum atomic E-state index is 0.663. The third-order valence-corrected chi connectivity index (χ3v) is 6.01. The van der Waals surface area contributed by atoms with Gasteiger partial charge in [-0.05, 0) is 43.4 Å². The molecule has 0 unspecified atom stereocenters. The first-order valence-electron chi connectivity index (χ1n) is 10.9. The van der Waals surface area contributed by atoms with E-state index in [1.165, 1.54) is 19.4 Å². The lowest BCUT2D eigenvalue weighted by Crippen LogP contribution is -2.36. The summed E-state index contributed by atoms with van der Waals surface area (Å²) in [5.74, 6) is 1.49. The maximum Gasteiger partial charge on any atom is 0.154 e. The van der Waals surface area contributed by atoms with E-state index in [1.807, 2.05) is 6.07 Å². The average Bonchev–Trinajstić information content (AvgIpc) is 2.84. The summed E-state index contributed by atoms with van der Waals surface area (Å²) in [5.41, 5.74) is 4.94. The highest BCUT2D eigenvalue weighted by Gasteiger charge is 2.17. The molecule has 2 N–H and O–H groups in total. The molecule has 8 heteroatoms. The molecule has 0 aliphatic carbocycles. The number of hydrogen-bond acceptors (Lipinski definition) is 7. The number of anilines is 2. The van der Waals surface area contributed by atoms with E-state index in [0.717, 1.165) is 73.9 Å². The van der Waals surface area contributed by atoms with Crippen molar-refractivity contribution in [1.29, 1.82) is 0 Å². The summed E-state index contributed by atoms with van der Waals surface area (Å²) >= 11 is 0. The molecule has 1 atom stereocenters. The second-order valence-corrected chi connectivity index (χ2v) is 8.00. The number of ether oxygens (including phenoxy) is 1. The largest absolute Gasteiger partial charge is 0.378 e. The van der Waals surface area contributed by atoms with Gasteiger partial charge in [0.2, 0.25) is 0 Å². The summed E-state index contributed by atoms with van der Waals surface area (Å²) < 4.78 is 5.46. The van der Waals surface area contributed by atoms with E-state index in [9.17, 15) is 0 Å². The lowest BCUT2D eigenvalue weighted by molar-refractivity contribution is 0.122. The van der Waals surface area contributed by atoms with E-state index < -0.39 is 0 Å². The SMILES string of the molecule is B1CNCC[C@H]1CNc1nc(-c2ccc(N3CCOCC3)cc2)cc2nccnc12. The molecule has 30 heavy (non-hydrogen) atoms. The number of pyridine rings is 1. The molecule has 2 aromatic heterocycles. The smallest absolute Gasteiger partial charge is 0.154 e. The lowest BCUT2D eigenvalue weighted by atomic mass is 9.61. The summed E-state index contributed by atoms with van der Waals surface area (Å²) in [6, 6.07) is 10.7. The Balaban J connectivity index is 1.41. The normalized spacial score (nSPS) is 19.5. The van der Waals surface area contributed by atoms with Gasteiger partial charge in [0.1, 0.15) is 12.8 Å². The van der Waals surface area contributed by atoms with Gasteiger partial charge in [-0.1, -0.05) is 12.1 Å². The molecule has 2 aliphatic heterocycles. The van der Waals surface area contributed by atoms with Gasteiger partial charge in [0.25, 0.3) is 0 Å². The van der Waals surface area contributed by atoms with Gasteiger partial charge in [-0.3, -0.25) is 4.98 Å². The fourth-order valence-corrected chi connectivity index (χ4v) is 4.23. The molecule has 0 amide bonds. The summed E-state index contributed by atoms with van der Waals surface area (Å²) in [6.07, 6.45) is 5.76. The van der Waals surface area contributed by atoms with Crippen LogP contribution >= 0.6 is 0 Å². The van der Waals surface area contributed by atoms with E-state index in [2.05, 4.69) is 49.8 Å². The van der Waals surface area contributed by atoms with E-state index in [-0.39, 0.29) is 0 Å². The molecule has 4 heterocycles. The molecule has 1 aromatic carbocycles. The van der Waals surface area contributed by atoms with E-state index in [4.69, 9.17) is 9.72 Å². The summed E-state index contributed by atoms with van der Waals surface area (Å²) in [6.45, 7) is 5.47. The van der Waals surface area contributed by atoms with Crippen LogP contribution < -0.4 is 15.5 Å². The van der Waals surface area contributed by atoms with Crippen molar-refractivity contribution in [3.8, 4) is 11.3 Å². The van der Waals surface area contributed by atoms with Gasteiger partial charge >= 0.3 is 0 Å². The van der Waals surface area contributed by atoms with Crippen molar-refractivity contribution in [1.82, 2.24) is 20.3 Å². The molecule has 5 rings (SSSR count). The minimum Gasteiger partial charge on any atom is -0.378 e. The number of benzene rings is 1. The van der Waals surface area contributed by atoms with Crippen LogP contribution in [0.15, 0.2) is 42.7 Å². The first-order chi connectivity index (χ1) is 14.9. The van der Waals surface area contributed by atoms with Crippen LogP contribution in [0.4, 0.5) is 11.5 Å². The highest BCUT2D eigenvalue weighted by molar-refractivity contribution is 6.38. The predicted octanol–water partition coefficient (Wildman–Crippen LogP) is 2.12. The first-order valence-corrected chi connectivity index (χ1v) is 10.9. The number of nitrogens with one attached hydrogen (secondary N) is 2. The van der Waals surface area contributed by atoms with Gasteiger partial charge in [-0.15, -0.1) is 0 Å². The van der Waals surface area contributed by atoms with Crippen molar-refractivity contribution in [2.45, 2.75) is 12.2 Å². The van der Waals surface area contributed by atoms with Gasteiger partial charge < -0.3 is 20.3 Å². The van der Waals surface area contributed by atoms with Crippen LogP contribution in [0.1, 0.15) is 6.42 Å². The zero-order valence-corrected chi connectivity index (χ0v) is 17.2. The quantitative estimate of drug-likeness (QED) is 0.634. The Hall–Kier alpha value is -2.71. The average molecular weight is 402 g/mol. The van der Waals surface area contributed by atoms with Crippen LogP contribution in [0.2, 0.25) is 5.82 Å². The second kappa shape index (κ2) is 8.98. The molecule has 2 fully saturated rings. The Morgan fingerprint density at radius 1 is 1.13 bits per heavy atom. The lowest BCUT2D eigenvalue weighted by Gasteiger charge is -2.28. The van der Waals surface area contributed by atoms with E-state index in [0.29, 0.717) is 5.82 Å². The molecule has 2 saturated heterocycles. The fourth-order valence-electron chi connectivity index (χ4n) is 4.23. The zero-order valence-electron chi connectivity index (χ0n) is 17.2. The third-order valence-electron chi connectivity index (χ3n) is 6.01. The fraction of sp³-hybridized carbons (Fsp3) is 0.409. The van der Waals surface area contributed by atoms with Gasteiger partial charge in [0.15, 0.2) is 5.82 Å². The summed E-state index contributed by atoms with van der Waals surface area (Å²) in [7, 11) is 1.19. The van der Waals surface area contributed by atoms with Crippen molar-refractivity contribution >= 4 is 29.8 Å². The van der Waals surface area contributed by atoms with Crippen LogP contribution in [0.5, 0.6) is 0 Å². The number of aromatic nitrogens is 3. The Kier molecular flexibility index (Phi) is 5.77. The highest BCUT2D eigenvalue weighted by Crippen LogP contribution is 2.28. The van der Waals surface area contributed by atoms with Crippen molar-refractivity contribution in [2.24, 2.45) is 0 Å². The molecule has 0 spiro atoms. The van der Waals surface area contributed by atoms with Crippen molar-refractivity contribution in [2.75, 3.05) is 56.1 Å². The summed E-state index contributed by atoms with van der Waals surface area (Å²) in [5, 5.41) is 6.99. The molecule has 7 nitrogen and oxygen atoms in total. The highest BCUT2D eigenvalue weighted by atomic mass is 16.5. The number of hydrogen-bond donors (Lipinski definition) is 2. The molecular weight excluding hydrogens is 375 g/mol. The van der Waals surface area contributed by atoms with Crippen LogP contribution in [0.3, 0.4) is 0 Å². The van der Waals surface area contributed by atoms with Crippen molar-refractivity contribution < 1.29 is 4.74 Å². The molecule has 3 aromatic rings. The Labute approximate surface area is 177 Å². The molecule has 0 bridgehead atoms. The predicted molar refractivity (Wildman–Crippen MR) is 123 cm³/mol. The van der Waals surface area contributed by atoms with Crippen LogP contribution in [0, 0.1) is 0 Å². The van der Waals surface area contributed by atoms with Gasteiger partial charge in [0, 0.05) is 43.3 Å². The Morgan fingerprint density at radius 3 is 2.77 bits per heavy atom. The van der Waals surface area contributed by atoms with Gasteiger partial charge in [0.05, 0.1) is 24.4 Å². The van der Waals surface area contributed by atoms with Crippen LogP contribution in [-0.4, -0.2) is 68.1 Å². The standard InChI is InChI=1S/C22H27BN6O/c1-3-18(29-9-11-30-12-10-29)4-2-16(1)19-13-20-21(26-8-7-25-20)22(28-19)27-14-17-5-6-24-15-23-17/h1-4,7-8,13,17,23-24H,5-6,9-12,14-15H2,(H,27,28)/t17-/m0/s1. The molecule has 0 saturated carbocycles. The monoisotopic (exact) mass is 402 g/mol. The first kappa shape index (κ1) is 19.3. The van der Waals surface area contributed by atoms with Gasteiger partial charge in [-0.25, -0.2) is 9.97 Å². The Bertz CT molecular complexity index is 987. The van der Waals surface area contributed by atoms with Crippen molar-refractivity contribution in [3.05, 3.63) is 42.7 Å². The Morgan fingerprint density at radius 2 is 1.97 bits per heavy atom. The number of fused-ring (bicyclic) bond motifs is 1. The maximum atomic E-state index is 5.46. The number of morpholine rings is 1. The van der Waals surface area contributed by atoms with E-state index in [1.54, 1.807) is 12.4 Å². The van der Waals surface area contributed by atoms with Gasteiger partial charge in [-0.2, -0.15) is 0 Å². The zero-order chi connectivity index (χ0) is 20.2. The molecular formula is C22H27BN6O. The summed E-state index contributed by atoms with van der Waals surface area (Å²) in [4.78, 5) is 16.4. The second-order valence-electron chi connectivity index (χ2n) is 8.00. The van der Waals surface area contributed by atoms with E-state index >= 15 is 0 Å². The van der Waals surface area contributed by atoms with Crippen LogP contribution in [-0.2, 0) is 4.74 Å². The van der Waals surface area contributed by atoms with Crippen LogP contribution in [0.25, 0.3) is 22.3 Å². The maximum absolute atomic E-state index is 5.46. The number of rotatable bonds is 5. The number of nitrogens with zero attached hydrogens (tertiary/aromatic N) is 4.